The SMILES string of the molecule is CC(C)(C)OC(=O)N1CC(C(=O)N2CCN(c3ccc(C#N)cc3F)CC2)CC(=O)N1. The van der Waals surface area contributed by atoms with Gasteiger partial charge in [0.25, 0.3) is 0 Å². The van der Waals surface area contributed by atoms with Crippen LogP contribution in [-0.2, 0) is 14.3 Å². The lowest BCUT2D eigenvalue weighted by molar-refractivity contribution is -0.144. The van der Waals surface area contributed by atoms with Gasteiger partial charge in [-0.3, -0.25) is 15.0 Å². The van der Waals surface area contributed by atoms with Gasteiger partial charge in [0.15, 0.2) is 0 Å². The van der Waals surface area contributed by atoms with E-state index in [2.05, 4.69) is 5.43 Å². The molecule has 0 radical (unpaired) electrons. The van der Waals surface area contributed by atoms with Crippen LogP contribution in [0.5, 0.6) is 0 Å². The van der Waals surface area contributed by atoms with Crippen LogP contribution in [0.1, 0.15) is 32.8 Å². The van der Waals surface area contributed by atoms with Crippen LogP contribution >= 0.6 is 0 Å². The fourth-order valence-corrected chi connectivity index (χ4v) is 3.61. The lowest BCUT2D eigenvalue weighted by Crippen LogP contribution is -2.58. The molecule has 0 saturated carbocycles. The van der Waals surface area contributed by atoms with Gasteiger partial charge in [-0.1, -0.05) is 0 Å². The summed E-state index contributed by atoms with van der Waals surface area (Å²) in [4.78, 5) is 40.8. The molecule has 1 unspecified atom stereocenters. The van der Waals surface area contributed by atoms with Crippen LogP contribution in [-0.4, -0.2) is 66.1 Å². The number of amides is 3. The van der Waals surface area contributed by atoms with Gasteiger partial charge in [0, 0.05) is 32.6 Å². The summed E-state index contributed by atoms with van der Waals surface area (Å²) in [5, 5.41) is 9.92. The first kappa shape index (κ1) is 22.3. The summed E-state index contributed by atoms with van der Waals surface area (Å²) >= 11 is 0. The normalized spacial score (nSPS) is 19.5. The van der Waals surface area contributed by atoms with Crippen LogP contribution < -0.4 is 10.3 Å². The van der Waals surface area contributed by atoms with Crippen molar-refractivity contribution < 1.29 is 23.5 Å². The Balaban J connectivity index is 1.60. The number of nitrogens with one attached hydrogen (secondary N) is 1. The van der Waals surface area contributed by atoms with E-state index in [-0.39, 0.29) is 24.4 Å². The highest BCUT2D eigenvalue weighted by molar-refractivity contribution is 5.89. The predicted molar refractivity (Wildman–Crippen MR) is 109 cm³/mol. The van der Waals surface area contributed by atoms with Crippen LogP contribution in [0, 0.1) is 23.1 Å². The Morgan fingerprint density at radius 2 is 1.90 bits per heavy atom. The van der Waals surface area contributed by atoms with Gasteiger partial charge in [-0.25, -0.2) is 14.2 Å². The Morgan fingerprint density at radius 1 is 1.23 bits per heavy atom. The van der Waals surface area contributed by atoms with Crippen molar-refractivity contribution in [1.29, 1.82) is 5.26 Å². The van der Waals surface area contributed by atoms with Crippen molar-refractivity contribution in [2.24, 2.45) is 5.92 Å². The largest absolute Gasteiger partial charge is 0.442 e. The van der Waals surface area contributed by atoms with Crippen LogP contribution in [0.4, 0.5) is 14.9 Å². The first-order valence-corrected chi connectivity index (χ1v) is 10.1. The molecule has 1 atom stereocenters. The van der Waals surface area contributed by atoms with E-state index in [1.807, 2.05) is 11.0 Å². The van der Waals surface area contributed by atoms with Gasteiger partial charge in [-0.15, -0.1) is 0 Å². The molecule has 2 fully saturated rings. The fraction of sp³-hybridized carbons (Fsp3) is 0.524. The predicted octanol–water partition coefficient (Wildman–Crippen LogP) is 1.63. The Hall–Kier alpha value is -3.35. The average molecular weight is 431 g/mol. The molecule has 10 heteroatoms. The van der Waals surface area contributed by atoms with Crippen LogP contribution in [0.2, 0.25) is 0 Å². The average Bonchev–Trinajstić information content (AvgIpc) is 2.71. The Kier molecular flexibility index (Phi) is 6.34. The zero-order valence-corrected chi connectivity index (χ0v) is 17.9. The summed E-state index contributed by atoms with van der Waals surface area (Å²) in [6.07, 6.45) is -0.720. The van der Waals surface area contributed by atoms with Crippen molar-refractivity contribution >= 4 is 23.6 Å². The maximum Gasteiger partial charge on any atom is 0.429 e. The van der Waals surface area contributed by atoms with Gasteiger partial charge in [-0.05, 0) is 39.0 Å². The topological polar surface area (TPSA) is 106 Å². The molecule has 9 nitrogen and oxygen atoms in total. The second-order valence-corrected chi connectivity index (χ2v) is 8.62. The van der Waals surface area contributed by atoms with Gasteiger partial charge >= 0.3 is 6.09 Å². The molecule has 1 aromatic carbocycles. The maximum atomic E-state index is 14.3. The number of hydrogen-bond acceptors (Lipinski definition) is 6. The standard InChI is InChI=1S/C21H26FN5O4/c1-21(2,3)31-20(30)27-13-15(11-18(28)24-27)19(29)26-8-6-25(7-9-26)17-5-4-14(12-23)10-16(17)22/h4-5,10,15H,6-9,11,13H2,1-3H3,(H,24,28). The van der Waals surface area contributed by atoms with Gasteiger partial charge < -0.3 is 14.5 Å². The van der Waals surface area contributed by atoms with Crippen molar-refractivity contribution in [1.82, 2.24) is 15.3 Å². The zero-order valence-electron chi connectivity index (χ0n) is 17.9. The molecule has 31 heavy (non-hydrogen) atoms. The minimum atomic E-state index is -0.726. The molecule has 0 aliphatic carbocycles. The number of benzene rings is 1. The molecule has 2 heterocycles. The van der Waals surface area contributed by atoms with Gasteiger partial charge in [-0.2, -0.15) is 5.26 Å². The zero-order chi connectivity index (χ0) is 22.8. The molecule has 1 N–H and O–H groups in total. The summed E-state index contributed by atoms with van der Waals surface area (Å²) in [5.41, 5.74) is 2.36. The number of hydrazine groups is 1. The molecule has 0 spiro atoms. The molecule has 1 aromatic rings. The Morgan fingerprint density at radius 3 is 2.48 bits per heavy atom. The second kappa shape index (κ2) is 8.79. The van der Waals surface area contributed by atoms with E-state index < -0.39 is 29.3 Å². The van der Waals surface area contributed by atoms with E-state index >= 15 is 0 Å². The number of nitrogens with zero attached hydrogens (tertiary/aromatic N) is 4. The summed E-state index contributed by atoms with van der Waals surface area (Å²) < 4.78 is 19.6. The summed E-state index contributed by atoms with van der Waals surface area (Å²) in [5.74, 6) is -1.78. The van der Waals surface area contributed by atoms with Crippen LogP contribution in [0.15, 0.2) is 18.2 Å². The lowest BCUT2D eigenvalue weighted by Gasteiger charge is -2.39. The third-order valence-electron chi connectivity index (χ3n) is 5.07. The highest BCUT2D eigenvalue weighted by Gasteiger charge is 2.37. The van der Waals surface area contributed by atoms with Crippen LogP contribution in [0.3, 0.4) is 0 Å². The fourth-order valence-electron chi connectivity index (χ4n) is 3.61. The van der Waals surface area contributed by atoms with Crippen molar-refractivity contribution in [2.45, 2.75) is 32.8 Å². The van der Waals surface area contributed by atoms with E-state index in [9.17, 15) is 18.8 Å². The molecule has 2 aliphatic heterocycles. The van der Waals surface area contributed by atoms with E-state index in [0.29, 0.717) is 31.9 Å². The minimum absolute atomic E-state index is 0.0113. The first-order valence-electron chi connectivity index (χ1n) is 10.1. The molecule has 0 aromatic heterocycles. The molecule has 166 valence electrons. The van der Waals surface area contributed by atoms with E-state index in [1.165, 1.54) is 6.07 Å². The molecule has 3 amide bonds. The Bertz CT molecular complexity index is 915. The van der Waals surface area contributed by atoms with Crippen molar-refractivity contribution in [3.8, 4) is 6.07 Å². The van der Waals surface area contributed by atoms with Crippen molar-refractivity contribution in [2.75, 3.05) is 37.6 Å². The van der Waals surface area contributed by atoms with E-state index in [4.69, 9.17) is 10.00 Å². The minimum Gasteiger partial charge on any atom is -0.442 e. The monoisotopic (exact) mass is 431 g/mol. The molecule has 2 aliphatic rings. The summed E-state index contributed by atoms with van der Waals surface area (Å²) in [7, 11) is 0. The first-order chi connectivity index (χ1) is 14.6. The number of ether oxygens (including phenoxy) is 1. The second-order valence-electron chi connectivity index (χ2n) is 8.62. The highest BCUT2D eigenvalue weighted by Crippen LogP contribution is 2.23. The molecule has 3 rings (SSSR count). The maximum absolute atomic E-state index is 14.3. The number of piperazine rings is 1. The molecule has 2 saturated heterocycles. The lowest BCUT2D eigenvalue weighted by atomic mass is 10.0. The molecule has 0 bridgehead atoms. The number of anilines is 1. The van der Waals surface area contributed by atoms with Gasteiger partial charge in [0.2, 0.25) is 11.8 Å². The van der Waals surface area contributed by atoms with Gasteiger partial charge in [0.05, 0.1) is 29.8 Å². The third kappa shape index (κ3) is 5.42. The number of carbonyl (C=O) groups excluding carboxylic acids is 3. The molecular formula is C21H26FN5O4. The highest BCUT2D eigenvalue weighted by atomic mass is 19.1. The van der Waals surface area contributed by atoms with E-state index in [1.54, 1.807) is 37.8 Å². The smallest absolute Gasteiger partial charge is 0.429 e. The van der Waals surface area contributed by atoms with Crippen molar-refractivity contribution in [3.63, 3.8) is 0 Å². The number of carbonyl (C=O) groups is 3. The van der Waals surface area contributed by atoms with E-state index in [0.717, 1.165) is 5.01 Å². The number of nitriles is 1. The number of hydrogen-bond donors (Lipinski definition) is 1. The van der Waals surface area contributed by atoms with Crippen LogP contribution in [0.25, 0.3) is 0 Å². The summed E-state index contributed by atoms with van der Waals surface area (Å²) in [6.45, 7) is 6.75. The van der Waals surface area contributed by atoms with Crippen molar-refractivity contribution in [3.05, 3.63) is 29.6 Å². The number of halogens is 1. The quantitative estimate of drug-likeness (QED) is 0.763. The summed E-state index contributed by atoms with van der Waals surface area (Å²) in [6, 6.07) is 6.22. The Labute approximate surface area is 180 Å². The number of rotatable bonds is 2. The third-order valence-corrected chi connectivity index (χ3v) is 5.07. The van der Waals surface area contributed by atoms with Gasteiger partial charge in [0.1, 0.15) is 11.4 Å². The molecular weight excluding hydrogens is 405 g/mol.